The molecule has 7 heteroatoms. The maximum Gasteiger partial charge on any atom is 0.224 e. The molecule has 166 valence electrons. The van der Waals surface area contributed by atoms with Gasteiger partial charge in [0.05, 0.1) is 24.8 Å². The normalized spacial score (nSPS) is 22.8. The van der Waals surface area contributed by atoms with E-state index in [1.54, 1.807) is 11.8 Å². The third-order valence-electron chi connectivity index (χ3n) is 6.18. The van der Waals surface area contributed by atoms with E-state index in [9.17, 15) is 9.50 Å². The van der Waals surface area contributed by atoms with Gasteiger partial charge in [-0.15, -0.1) is 0 Å². The van der Waals surface area contributed by atoms with Crippen LogP contribution in [0.3, 0.4) is 0 Å². The van der Waals surface area contributed by atoms with Crippen molar-refractivity contribution < 1.29 is 23.0 Å². The number of benzene rings is 1. The first-order valence-electron chi connectivity index (χ1n) is 10.6. The molecule has 3 unspecified atom stereocenters. The molecule has 4 nitrogen and oxygen atoms in total. The van der Waals surface area contributed by atoms with E-state index < -0.39 is 30.1 Å². The van der Waals surface area contributed by atoms with Crippen molar-refractivity contribution in [1.82, 2.24) is 9.88 Å². The smallest absolute Gasteiger partial charge is 0.224 e. The molecule has 0 saturated carbocycles. The molecule has 1 aromatic heterocycles. The first-order chi connectivity index (χ1) is 14.8. The molecule has 0 spiro atoms. The number of alkyl halides is 1. The van der Waals surface area contributed by atoms with E-state index in [0.29, 0.717) is 12.8 Å². The van der Waals surface area contributed by atoms with Crippen molar-refractivity contribution in [1.29, 1.82) is 0 Å². The lowest BCUT2D eigenvalue weighted by molar-refractivity contribution is 0.0179. The molecule has 2 aliphatic rings. The van der Waals surface area contributed by atoms with Crippen LogP contribution in [0.25, 0.3) is 5.57 Å². The highest BCUT2D eigenvalue weighted by Crippen LogP contribution is 2.50. The maximum atomic E-state index is 15.3. The zero-order chi connectivity index (χ0) is 22.3. The van der Waals surface area contributed by atoms with Gasteiger partial charge in [0.15, 0.2) is 0 Å². The van der Waals surface area contributed by atoms with Crippen LogP contribution < -0.4 is 4.74 Å². The van der Waals surface area contributed by atoms with Crippen LogP contribution in [-0.4, -0.2) is 46.5 Å². The lowest BCUT2D eigenvalue weighted by Crippen LogP contribution is -2.49. The summed E-state index contributed by atoms with van der Waals surface area (Å²) in [7, 11) is 0. The number of hydrogen-bond donors (Lipinski definition) is 1. The van der Waals surface area contributed by atoms with E-state index in [-0.39, 0.29) is 30.6 Å². The average molecular weight is 432 g/mol. The molecule has 0 radical (unpaired) electrons. The third kappa shape index (κ3) is 3.96. The average Bonchev–Trinajstić information content (AvgIpc) is 3.08. The van der Waals surface area contributed by atoms with Crippen LogP contribution in [0.5, 0.6) is 5.88 Å². The number of aliphatic hydroxyl groups is 1. The summed E-state index contributed by atoms with van der Waals surface area (Å²) in [4.78, 5) is 5.57. The zero-order valence-corrected chi connectivity index (χ0v) is 18.0. The fraction of sp³-hybridized carbons (Fsp3) is 0.458. The Morgan fingerprint density at radius 3 is 2.71 bits per heavy atom. The van der Waals surface area contributed by atoms with Crippen molar-refractivity contribution in [2.75, 3.05) is 19.8 Å². The van der Waals surface area contributed by atoms with Gasteiger partial charge in [0.25, 0.3) is 0 Å². The van der Waals surface area contributed by atoms with Crippen LogP contribution in [0.2, 0.25) is 0 Å². The zero-order valence-electron chi connectivity index (χ0n) is 18.0. The quantitative estimate of drug-likeness (QED) is 0.677. The van der Waals surface area contributed by atoms with Gasteiger partial charge in [0.2, 0.25) is 11.8 Å². The minimum atomic E-state index is -1.92. The number of aliphatic hydroxyl groups excluding tert-OH is 1. The van der Waals surface area contributed by atoms with Crippen LogP contribution in [0, 0.1) is 11.8 Å². The SMILES string of the molecule is CCOc1cc(F)c(C2C3=C(CC(C)N2CC(C)(F)CO)c2ccccc2C3)c(F)n1. The molecule has 0 fully saturated rings. The van der Waals surface area contributed by atoms with Gasteiger partial charge in [-0.05, 0) is 55.9 Å². The van der Waals surface area contributed by atoms with Gasteiger partial charge in [-0.3, -0.25) is 4.90 Å². The summed E-state index contributed by atoms with van der Waals surface area (Å²) in [5.74, 6) is -1.85. The fourth-order valence-electron chi connectivity index (χ4n) is 4.78. The highest BCUT2D eigenvalue weighted by Gasteiger charge is 2.44. The number of nitrogens with zero attached hydrogens (tertiary/aromatic N) is 2. The third-order valence-corrected chi connectivity index (χ3v) is 6.18. The summed E-state index contributed by atoms with van der Waals surface area (Å²) in [6, 6.07) is 7.99. The number of aromatic nitrogens is 1. The van der Waals surface area contributed by atoms with E-state index >= 15 is 8.78 Å². The summed E-state index contributed by atoms with van der Waals surface area (Å²) in [5.41, 5.74) is 1.97. The molecule has 1 N–H and O–H groups in total. The predicted octanol–water partition coefficient (Wildman–Crippen LogP) is 4.62. The van der Waals surface area contributed by atoms with Gasteiger partial charge in [-0.25, -0.2) is 8.78 Å². The van der Waals surface area contributed by atoms with Crippen LogP contribution >= 0.6 is 0 Å². The molecule has 2 heterocycles. The van der Waals surface area contributed by atoms with Gasteiger partial charge in [0.1, 0.15) is 11.5 Å². The van der Waals surface area contributed by atoms with E-state index in [0.717, 1.165) is 28.3 Å². The number of pyridine rings is 1. The molecule has 0 bridgehead atoms. The Hall–Kier alpha value is -2.38. The fourth-order valence-corrected chi connectivity index (χ4v) is 4.78. The van der Waals surface area contributed by atoms with E-state index in [1.165, 1.54) is 6.92 Å². The number of ether oxygens (including phenoxy) is 1. The number of halogens is 3. The molecule has 1 aromatic carbocycles. The van der Waals surface area contributed by atoms with Crippen LogP contribution in [0.1, 0.15) is 49.9 Å². The lowest BCUT2D eigenvalue weighted by atomic mass is 9.84. The summed E-state index contributed by atoms with van der Waals surface area (Å²) in [6.07, 6.45) is 1.17. The first kappa shape index (κ1) is 21.8. The molecular formula is C24H27F3N2O2. The first-order valence-corrected chi connectivity index (χ1v) is 10.6. The Labute approximate surface area is 180 Å². The van der Waals surface area contributed by atoms with Crippen LogP contribution in [0.4, 0.5) is 13.2 Å². The second kappa shape index (κ2) is 8.28. The van der Waals surface area contributed by atoms with Crippen LogP contribution in [-0.2, 0) is 6.42 Å². The Bertz CT molecular complexity index is 999. The van der Waals surface area contributed by atoms with Crippen molar-refractivity contribution in [3.05, 3.63) is 64.4 Å². The summed E-state index contributed by atoms with van der Waals surface area (Å²) in [6.45, 7) is 4.32. The van der Waals surface area contributed by atoms with E-state index in [1.807, 2.05) is 31.2 Å². The van der Waals surface area contributed by atoms with Gasteiger partial charge >= 0.3 is 0 Å². The minimum Gasteiger partial charge on any atom is -0.478 e. The second-order valence-electron chi connectivity index (χ2n) is 8.62. The van der Waals surface area contributed by atoms with E-state index in [4.69, 9.17) is 4.74 Å². The lowest BCUT2D eigenvalue weighted by Gasteiger charge is -2.44. The molecule has 1 aliphatic heterocycles. The van der Waals surface area contributed by atoms with Crippen molar-refractivity contribution in [2.24, 2.45) is 0 Å². The number of fused-ring (bicyclic) bond motifs is 2. The monoisotopic (exact) mass is 432 g/mol. The molecular weight excluding hydrogens is 405 g/mol. The summed E-state index contributed by atoms with van der Waals surface area (Å²) >= 11 is 0. The summed E-state index contributed by atoms with van der Waals surface area (Å²) in [5, 5.41) is 9.51. The van der Waals surface area contributed by atoms with Crippen molar-refractivity contribution in [3.8, 4) is 5.88 Å². The Morgan fingerprint density at radius 1 is 1.29 bits per heavy atom. The standard InChI is InChI=1S/C24H27F3N2O2/c1-4-31-20-11-19(25)21(23(26)28-20)22-18-10-15-7-5-6-8-16(15)17(18)9-14(2)29(22)12-24(3,27)13-30/h5-8,11,14,22,30H,4,9-10,12-13H2,1-3H3. The van der Waals surface area contributed by atoms with E-state index in [2.05, 4.69) is 4.98 Å². The van der Waals surface area contributed by atoms with Gasteiger partial charge in [-0.2, -0.15) is 9.37 Å². The van der Waals surface area contributed by atoms with Crippen molar-refractivity contribution in [3.63, 3.8) is 0 Å². The van der Waals surface area contributed by atoms with Gasteiger partial charge in [0, 0.05) is 18.7 Å². The minimum absolute atomic E-state index is 0.119. The highest BCUT2D eigenvalue weighted by molar-refractivity contribution is 5.79. The molecule has 0 amide bonds. The molecule has 31 heavy (non-hydrogen) atoms. The molecule has 0 saturated heterocycles. The number of rotatable bonds is 6. The largest absolute Gasteiger partial charge is 0.478 e. The molecule has 4 rings (SSSR count). The van der Waals surface area contributed by atoms with Crippen LogP contribution in [0.15, 0.2) is 35.9 Å². The highest BCUT2D eigenvalue weighted by atomic mass is 19.1. The summed E-state index contributed by atoms with van der Waals surface area (Å²) < 4.78 is 50.6. The molecule has 3 atom stereocenters. The Morgan fingerprint density at radius 2 is 2.03 bits per heavy atom. The Balaban J connectivity index is 1.87. The topological polar surface area (TPSA) is 45.6 Å². The Kier molecular flexibility index (Phi) is 5.83. The number of hydrogen-bond acceptors (Lipinski definition) is 4. The molecule has 2 aromatic rings. The van der Waals surface area contributed by atoms with Crippen molar-refractivity contribution in [2.45, 2.75) is 51.4 Å². The van der Waals surface area contributed by atoms with Crippen molar-refractivity contribution >= 4 is 5.57 Å². The predicted molar refractivity (Wildman–Crippen MR) is 113 cm³/mol. The molecule has 1 aliphatic carbocycles. The maximum absolute atomic E-state index is 15.3. The second-order valence-corrected chi connectivity index (χ2v) is 8.62. The van der Waals surface area contributed by atoms with Gasteiger partial charge in [-0.1, -0.05) is 24.3 Å². The van der Waals surface area contributed by atoms with Gasteiger partial charge < -0.3 is 9.84 Å².